The Morgan fingerprint density at radius 1 is 1.42 bits per heavy atom. The topological polar surface area (TPSA) is 75.1 Å². The number of halogens is 4. The molecule has 0 spiro atoms. The molecule has 1 atom stereocenters. The van der Waals surface area contributed by atoms with Crippen LogP contribution in [0.15, 0.2) is 33.9 Å². The van der Waals surface area contributed by atoms with Crippen molar-refractivity contribution in [2.75, 3.05) is 6.61 Å². The van der Waals surface area contributed by atoms with Crippen molar-refractivity contribution in [1.29, 1.82) is 0 Å². The Hall–Kier alpha value is -1.73. The van der Waals surface area contributed by atoms with Crippen molar-refractivity contribution in [2.24, 2.45) is 5.11 Å². The van der Waals surface area contributed by atoms with Gasteiger partial charge in [-0.15, -0.1) is 0 Å². The average Bonchev–Trinajstić information content (AvgIpc) is 2.33. The molecule has 0 aliphatic carbocycles. The number of nitrogens with zero attached hydrogens (tertiary/aromatic N) is 3. The molecule has 0 aliphatic heterocycles. The maximum absolute atomic E-state index is 11.9. The molecule has 102 valence electrons. The minimum Gasteiger partial charge on any atom is -0.455 e. The van der Waals surface area contributed by atoms with Gasteiger partial charge in [-0.25, -0.2) is 0 Å². The fourth-order valence-corrected chi connectivity index (χ4v) is 1.44. The van der Waals surface area contributed by atoms with Crippen molar-refractivity contribution >= 4 is 21.9 Å². The van der Waals surface area contributed by atoms with Crippen LogP contribution in [0.3, 0.4) is 0 Å². The number of rotatable bonds is 4. The molecule has 0 aliphatic rings. The Morgan fingerprint density at radius 3 is 2.47 bits per heavy atom. The van der Waals surface area contributed by atoms with Crippen molar-refractivity contribution in [3.05, 3.63) is 44.7 Å². The van der Waals surface area contributed by atoms with Crippen LogP contribution < -0.4 is 0 Å². The van der Waals surface area contributed by atoms with Crippen LogP contribution >= 0.6 is 15.9 Å². The first-order chi connectivity index (χ1) is 8.83. The van der Waals surface area contributed by atoms with E-state index in [9.17, 15) is 18.0 Å². The van der Waals surface area contributed by atoms with E-state index in [4.69, 9.17) is 5.53 Å². The zero-order valence-electron chi connectivity index (χ0n) is 9.26. The Labute approximate surface area is 114 Å². The second-order valence-corrected chi connectivity index (χ2v) is 4.30. The third-order valence-corrected chi connectivity index (χ3v) is 2.48. The minimum absolute atomic E-state index is 0.244. The van der Waals surface area contributed by atoms with E-state index < -0.39 is 24.8 Å². The molecule has 0 bridgehead atoms. The maximum atomic E-state index is 11.9. The number of azide groups is 1. The molecular formula is C10H7BrF3N3O2. The summed E-state index contributed by atoms with van der Waals surface area (Å²) in [6.07, 6.45) is -4.63. The van der Waals surface area contributed by atoms with Gasteiger partial charge in [0.05, 0.1) is 0 Å². The van der Waals surface area contributed by atoms with Gasteiger partial charge >= 0.3 is 12.1 Å². The molecule has 5 nitrogen and oxygen atoms in total. The van der Waals surface area contributed by atoms with Crippen LogP contribution in [-0.2, 0) is 9.53 Å². The lowest BCUT2D eigenvalue weighted by Gasteiger charge is -2.12. The molecule has 9 heteroatoms. The highest BCUT2D eigenvalue weighted by molar-refractivity contribution is 9.10. The largest absolute Gasteiger partial charge is 0.455 e. The highest BCUT2D eigenvalue weighted by Crippen LogP contribution is 2.23. The minimum atomic E-state index is -4.63. The van der Waals surface area contributed by atoms with E-state index in [2.05, 4.69) is 30.7 Å². The molecule has 0 N–H and O–H groups in total. The van der Waals surface area contributed by atoms with Crippen LogP contribution in [0.1, 0.15) is 11.6 Å². The van der Waals surface area contributed by atoms with Crippen LogP contribution in [0, 0.1) is 0 Å². The molecule has 0 heterocycles. The smallest absolute Gasteiger partial charge is 0.422 e. The standard InChI is InChI=1S/C10H7BrF3N3O2/c11-7-3-1-6(2-4-7)8(16-17-15)9(18)19-5-10(12,13)14/h1-4,8H,5H2. The summed E-state index contributed by atoms with van der Waals surface area (Å²) < 4.78 is 40.6. The van der Waals surface area contributed by atoms with Gasteiger partial charge in [0.25, 0.3) is 0 Å². The normalized spacial score (nSPS) is 12.4. The molecule has 0 aromatic heterocycles. The number of hydrogen-bond donors (Lipinski definition) is 0. The number of esters is 1. The molecule has 1 rings (SSSR count). The van der Waals surface area contributed by atoms with Gasteiger partial charge in [-0.3, -0.25) is 4.79 Å². The second kappa shape index (κ2) is 6.44. The van der Waals surface area contributed by atoms with Crippen LogP contribution in [-0.4, -0.2) is 18.8 Å². The van der Waals surface area contributed by atoms with E-state index in [0.29, 0.717) is 4.47 Å². The van der Waals surface area contributed by atoms with Gasteiger partial charge < -0.3 is 4.74 Å². The fourth-order valence-electron chi connectivity index (χ4n) is 1.18. The molecule has 0 radical (unpaired) electrons. The number of ether oxygens (including phenoxy) is 1. The molecule has 0 fully saturated rings. The third-order valence-electron chi connectivity index (χ3n) is 1.95. The lowest BCUT2D eigenvalue weighted by Crippen LogP contribution is -2.23. The predicted octanol–water partition coefficient (Wildman–Crippen LogP) is 3.91. The molecule has 1 aromatic carbocycles. The second-order valence-electron chi connectivity index (χ2n) is 3.38. The summed E-state index contributed by atoms with van der Waals surface area (Å²) in [5, 5.41) is 3.15. The Morgan fingerprint density at radius 2 is 2.00 bits per heavy atom. The van der Waals surface area contributed by atoms with Gasteiger partial charge in [0.15, 0.2) is 12.6 Å². The van der Waals surface area contributed by atoms with Crippen molar-refractivity contribution in [2.45, 2.75) is 12.2 Å². The highest BCUT2D eigenvalue weighted by Gasteiger charge is 2.31. The van der Waals surface area contributed by atoms with Crippen LogP contribution in [0.2, 0.25) is 0 Å². The van der Waals surface area contributed by atoms with E-state index >= 15 is 0 Å². The van der Waals surface area contributed by atoms with Gasteiger partial charge in [-0.05, 0) is 23.2 Å². The summed E-state index contributed by atoms with van der Waals surface area (Å²) in [5.74, 6) is -1.25. The number of carbonyl (C=O) groups is 1. The van der Waals surface area contributed by atoms with Crippen LogP contribution in [0.25, 0.3) is 10.4 Å². The van der Waals surface area contributed by atoms with Gasteiger partial charge in [-0.2, -0.15) is 13.2 Å². The summed E-state index contributed by atoms with van der Waals surface area (Å²) in [6, 6.07) is 4.56. The molecule has 1 aromatic rings. The summed E-state index contributed by atoms with van der Waals surface area (Å²) in [4.78, 5) is 13.9. The van der Waals surface area contributed by atoms with E-state index in [-0.39, 0.29) is 5.56 Å². The van der Waals surface area contributed by atoms with Gasteiger partial charge in [0, 0.05) is 9.38 Å². The quantitative estimate of drug-likeness (QED) is 0.361. The average molecular weight is 338 g/mol. The van der Waals surface area contributed by atoms with E-state index in [1.165, 1.54) is 12.1 Å². The molecule has 0 amide bonds. The number of alkyl halides is 3. The predicted molar refractivity (Wildman–Crippen MR) is 63.0 cm³/mol. The first-order valence-electron chi connectivity index (χ1n) is 4.86. The third kappa shape index (κ3) is 5.19. The summed E-state index contributed by atoms with van der Waals surface area (Å²) in [7, 11) is 0. The monoisotopic (exact) mass is 337 g/mol. The number of benzene rings is 1. The molecule has 0 saturated heterocycles. The van der Waals surface area contributed by atoms with Gasteiger partial charge in [-0.1, -0.05) is 33.2 Å². The highest BCUT2D eigenvalue weighted by atomic mass is 79.9. The van der Waals surface area contributed by atoms with Crippen molar-refractivity contribution < 1.29 is 22.7 Å². The number of hydrogen-bond acceptors (Lipinski definition) is 3. The first-order valence-corrected chi connectivity index (χ1v) is 5.66. The number of carbonyl (C=O) groups excluding carboxylic acids is 1. The molecule has 1 unspecified atom stereocenters. The Kier molecular flexibility index (Phi) is 5.20. The zero-order valence-corrected chi connectivity index (χ0v) is 10.8. The van der Waals surface area contributed by atoms with Crippen molar-refractivity contribution in [3.63, 3.8) is 0 Å². The zero-order chi connectivity index (χ0) is 14.5. The van der Waals surface area contributed by atoms with Crippen LogP contribution in [0.5, 0.6) is 0 Å². The first kappa shape index (κ1) is 15.3. The van der Waals surface area contributed by atoms with Gasteiger partial charge in [0.2, 0.25) is 0 Å². The Balaban J connectivity index is 2.86. The summed E-state index contributed by atoms with van der Waals surface area (Å²) in [5.41, 5.74) is 8.59. The molecular weight excluding hydrogens is 331 g/mol. The van der Waals surface area contributed by atoms with Crippen molar-refractivity contribution in [3.8, 4) is 0 Å². The molecule has 0 saturated carbocycles. The molecule has 19 heavy (non-hydrogen) atoms. The van der Waals surface area contributed by atoms with Crippen LogP contribution in [0.4, 0.5) is 13.2 Å². The van der Waals surface area contributed by atoms with Crippen molar-refractivity contribution in [1.82, 2.24) is 0 Å². The lowest BCUT2D eigenvalue weighted by molar-refractivity contribution is -0.187. The summed E-state index contributed by atoms with van der Waals surface area (Å²) >= 11 is 3.16. The summed E-state index contributed by atoms with van der Waals surface area (Å²) in [6.45, 7) is -1.72. The van der Waals surface area contributed by atoms with E-state index in [0.717, 1.165) is 0 Å². The fraction of sp³-hybridized carbons (Fsp3) is 0.300. The lowest BCUT2D eigenvalue weighted by atomic mass is 10.1. The Bertz CT molecular complexity index is 498. The maximum Gasteiger partial charge on any atom is 0.422 e. The SMILES string of the molecule is [N-]=[N+]=NC(C(=O)OCC(F)(F)F)c1ccc(Br)cc1. The van der Waals surface area contributed by atoms with Gasteiger partial charge in [0.1, 0.15) is 0 Å². The van der Waals surface area contributed by atoms with E-state index in [1.807, 2.05) is 0 Å². The van der Waals surface area contributed by atoms with E-state index in [1.54, 1.807) is 12.1 Å².